The van der Waals surface area contributed by atoms with Crippen molar-refractivity contribution in [3.63, 3.8) is 0 Å². The summed E-state index contributed by atoms with van der Waals surface area (Å²) in [7, 11) is -7.87. The molecular weight excluding hydrogens is 537 g/mol. The second-order valence-corrected chi connectivity index (χ2v) is 26.5. The van der Waals surface area contributed by atoms with Gasteiger partial charge in [-0.15, -0.1) is 5.54 Å². The molecule has 2 aliphatic heterocycles. The fourth-order valence-corrected chi connectivity index (χ4v) is 17.3. The molecule has 12 heteroatoms. The Bertz CT molecular complexity index is 1160. The maximum atomic E-state index is 12.9. The monoisotopic (exact) mass is 582 g/mol. The summed E-state index contributed by atoms with van der Waals surface area (Å²) < 4.78 is 28.8. The van der Waals surface area contributed by atoms with Crippen molar-refractivity contribution in [1.82, 2.24) is 9.55 Å². The Labute approximate surface area is 229 Å². The molecule has 0 amide bonds. The van der Waals surface area contributed by atoms with Crippen LogP contribution in [0.3, 0.4) is 0 Å². The molecule has 1 aromatic rings. The van der Waals surface area contributed by atoms with Crippen molar-refractivity contribution >= 4 is 25.2 Å². The Morgan fingerprint density at radius 2 is 1.58 bits per heavy atom. The minimum Gasteiger partial charge on any atom is -0.414 e. The van der Waals surface area contributed by atoms with Crippen LogP contribution in [0.5, 0.6) is 0 Å². The highest BCUT2D eigenvalue weighted by atomic mass is 28.5. The van der Waals surface area contributed by atoms with Crippen LogP contribution in [-0.4, -0.2) is 64.3 Å². The first-order chi connectivity index (χ1) is 17.4. The number of rotatable bonds is 5. The van der Waals surface area contributed by atoms with Crippen molar-refractivity contribution in [2.45, 2.75) is 121 Å². The zero-order valence-electron chi connectivity index (χ0n) is 24.7. The first-order valence-electron chi connectivity index (χ1n) is 13.6. The van der Waals surface area contributed by atoms with Gasteiger partial charge in [-0.1, -0.05) is 81.0 Å². The van der Waals surface area contributed by atoms with Crippen molar-refractivity contribution in [1.29, 1.82) is 0 Å². The van der Waals surface area contributed by atoms with Gasteiger partial charge in [-0.2, -0.15) is 0 Å². The van der Waals surface area contributed by atoms with Crippen molar-refractivity contribution in [2.24, 2.45) is 0 Å². The molecule has 3 rings (SSSR count). The average molecular weight is 583 g/mol. The summed E-state index contributed by atoms with van der Waals surface area (Å²) in [6.45, 7) is 23.4. The molecular formula is C26H46N2O7Si3. The fraction of sp³-hybridized carbons (Fsp3) is 0.769. The van der Waals surface area contributed by atoms with Gasteiger partial charge in [-0.3, -0.25) is 14.3 Å². The van der Waals surface area contributed by atoms with Crippen LogP contribution < -0.4 is 11.2 Å². The van der Waals surface area contributed by atoms with E-state index in [0.29, 0.717) is 0 Å². The third-order valence-electron chi connectivity index (χ3n) is 7.52. The quantitative estimate of drug-likeness (QED) is 0.399. The summed E-state index contributed by atoms with van der Waals surface area (Å²) in [6.07, 6.45) is -1.48. The molecule has 2 N–H and O–H groups in total. The largest absolute Gasteiger partial charge is 0.414 e. The highest BCUT2D eigenvalue weighted by molar-refractivity contribution is 6.84. The van der Waals surface area contributed by atoms with E-state index in [4.69, 9.17) is 17.7 Å². The number of aliphatic hydroxyl groups is 1. The van der Waals surface area contributed by atoms with Gasteiger partial charge >= 0.3 is 22.8 Å². The number of nitrogens with one attached hydrogen (secondary N) is 1. The molecule has 0 unspecified atom stereocenters. The molecule has 9 nitrogen and oxygen atoms in total. The number of aromatic nitrogens is 2. The molecule has 0 aliphatic carbocycles. The molecule has 2 fully saturated rings. The molecule has 0 aromatic carbocycles. The molecule has 214 valence electrons. The second-order valence-electron chi connectivity index (χ2n) is 12.9. The average Bonchev–Trinajstić information content (AvgIpc) is 3.02. The van der Waals surface area contributed by atoms with E-state index in [0.717, 1.165) is 0 Å². The smallest absolute Gasteiger partial charge is 0.335 e. The molecule has 0 spiro atoms. The Morgan fingerprint density at radius 3 is 2.05 bits per heavy atom. The Morgan fingerprint density at radius 1 is 1.03 bits per heavy atom. The zero-order valence-corrected chi connectivity index (χ0v) is 27.7. The van der Waals surface area contributed by atoms with Crippen LogP contribution in [0, 0.1) is 11.5 Å². The molecule has 1 aromatic heterocycles. The van der Waals surface area contributed by atoms with Crippen LogP contribution in [0.2, 0.25) is 41.8 Å². The SMILES string of the molecule is CC(C)[Si]1(C(C)C)OC[C@H]2O[C@@H](n3ccc(=O)[nH]c3=O)[C@](O)(C#C[Si](C)(C)C)[C@@H]2O[Si](C(C)C)(C(C)C)O1. The van der Waals surface area contributed by atoms with Gasteiger partial charge in [0.2, 0.25) is 0 Å². The summed E-state index contributed by atoms with van der Waals surface area (Å²) in [5.41, 5.74) is 0.560. The predicted octanol–water partition coefficient (Wildman–Crippen LogP) is 4.00. The van der Waals surface area contributed by atoms with Crippen LogP contribution >= 0.6 is 0 Å². The fourth-order valence-electron chi connectivity index (χ4n) is 5.49. The number of fused-ring (bicyclic) bond motifs is 1. The first kappa shape index (κ1) is 31.2. The number of aromatic amines is 1. The predicted molar refractivity (Wildman–Crippen MR) is 155 cm³/mol. The topological polar surface area (TPSA) is 112 Å². The zero-order chi connectivity index (χ0) is 28.8. The number of H-pyrrole nitrogens is 1. The van der Waals surface area contributed by atoms with Gasteiger partial charge < -0.3 is 22.8 Å². The lowest BCUT2D eigenvalue weighted by atomic mass is 9.95. The van der Waals surface area contributed by atoms with Gasteiger partial charge in [0.05, 0.1) is 6.61 Å². The van der Waals surface area contributed by atoms with Gasteiger partial charge in [-0.25, -0.2) is 4.79 Å². The molecule has 38 heavy (non-hydrogen) atoms. The minimum absolute atomic E-state index is 0.0401. The lowest BCUT2D eigenvalue weighted by Crippen LogP contribution is -2.67. The molecule has 2 saturated heterocycles. The number of ether oxygens (including phenoxy) is 1. The third kappa shape index (κ3) is 5.62. The Hall–Kier alpha value is -1.31. The molecule has 2 aliphatic rings. The van der Waals surface area contributed by atoms with Gasteiger partial charge in [0.15, 0.2) is 11.8 Å². The van der Waals surface area contributed by atoms with Crippen LogP contribution in [0.25, 0.3) is 0 Å². The standard InChI is InChI=1S/C26H46N2O7Si3/c1-17(2)37(18(3)4)32-16-21-23(34-38(35-37,19(5)6)20(7)8)26(31,13-15-36(9,10)11)24(33-21)28-14-12-22(29)27-25(28)30/h12,14,17-21,23-24,31H,16H2,1-11H3,(H,27,29,30)/t21-,23-,24-,26+/m1/s1. The van der Waals surface area contributed by atoms with E-state index in [-0.39, 0.29) is 28.8 Å². The van der Waals surface area contributed by atoms with Crippen LogP contribution in [0.4, 0.5) is 0 Å². The lowest BCUT2D eigenvalue weighted by Gasteiger charge is -2.51. The highest BCUT2D eigenvalue weighted by Gasteiger charge is 2.65. The van der Waals surface area contributed by atoms with E-state index in [1.807, 2.05) is 0 Å². The summed E-state index contributed by atoms with van der Waals surface area (Å²) in [5.74, 6) is 3.11. The maximum Gasteiger partial charge on any atom is 0.335 e. The molecule has 3 heterocycles. The van der Waals surface area contributed by atoms with Crippen molar-refractivity contribution in [3.8, 4) is 11.5 Å². The van der Waals surface area contributed by atoms with E-state index in [2.05, 4.69) is 91.5 Å². The summed E-state index contributed by atoms with van der Waals surface area (Å²) in [4.78, 5) is 27.0. The Kier molecular flexibility index (Phi) is 8.98. The van der Waals surface area contributed by atoms with Crippen molar-refractivity contribution < 1.29 is 22.8 Å². The second kappa shape index (κ2) is 10.9. The van der Waals surface area contributed by atoms with Crippen LogP contribution in [0.15, 0.2) is 21.9 Å². The molecule has 0 saturated carbocycles. The van der Waals surface area contributed by atoms with E-state index in [1.165, 1.54) is 16.8 Å². The lowest BCUT2D eigenvalue weighted by molar-refractivity contribution is -0.0750. The maximum absolute atomic E-state index is 12.9. The van der Waals surface area contributed by atoms with Gasteiger partial charge in [0.25, 0.3) is 5.56 Å². The van der Waals surface area contributed by atoms with Crippen molar-refractivity contribution in [3.05, 3.63) is 33.1 Å². The van der Waals surface area contributed by atoms with E-state index < -0.39 is 60.5 Å². The third-order valence-corrected chi connectivity index (χ3v) is 18.6. The minimum atomic E-state index is -3.09. The number of hydrogen-bond acceptors (Lipinski definition) is 7. The van der Waals surface area contributed by atoms with Gasteiger partial charge in [-0.05, 0) is 22.2 Å². The normalized spacial score (nSPS) is 29.2. The Balaban J connectivity index is 2.28. The van der Waals surface area contributed by atoms with E-state index in [1.54, 1.807) is 0 Å². The van der Waals surface area contributed by atoms with Crippen molar-refractivity contribution in [2.75, 3.05) is 6.61 Å². The first-order valence-corrected chi connectivity index (χ1v) is 21.1. The summed E-state index contributed by atoms with van der Waals surface area (Å²) in [5, 5.41) is 12.4. The summed E-state index contributed by atoms with van der Waals surface area (Å²) in [6, 6.07) is 1.23. The number of hydrogen-bond donors (Lipinski definition) is 2. The van der Waals surface area contributed by atoms with E-state index >= 15 is 0 Å². The molecule has 0 radical (unpaired) electrons. The van der Waals surface area contributed by atoms with Crippen LogP contribution in [-0.2, 0) is 17.7 Å². The number of nitrogens with zero attached hydrogens (tertiary/aromatic N) is 1. The highest BCUT2D eigenvalue weighted by Crippen LogP contribution is 2.50. The van der Waals surface area contributed by atoms with Crippen LogP contribution in [0.1, 0.15) is 61.6 Å². The molecule has 4 atom stereocenters. The summed E-state index contributed by atoms with van der Waals surface area (Å²) >= 11 is 0. The van der Waals surface area contributed by atoms with E-state index in [9.17, 15) is 14.7 Å². The molecule has 0 bridgehead atoms. The van der Waals surface area contributed by atoms with Gasteiger partial charge in [0, 0.05) is 12.3 Å². The van der Waals surface area contributed by atoms with Gasteiger partial charge in [0.1, 0.15) is 20.3 Å².